The molecule has 0 saturated heterocycles. The molecule has 0 aliphatic rings. The topological polar surface area (TPSA) is 56.5 Å². The van der Waals surface area contributed by atoms with Gasteiger partial charge in [-0.2, -0.15) is 22.9 Å². The Balaban J connectivity index is 1.45. The van der Waals surface area contributed by atoms with Crippen molar-refractivity contribution in [3.63, 3.8) is 0 Å². The summed E-state index contributed by atoms with van der Waals surface area (Å²) < 4.78 is 48.4. The second-order valence-electron chi connectivity index (χ2n) is 9.63. The standard InChI is InChI=1S/C33H20BrClF3N3O2/c34-28-17-25(35)16-23(30(28)43-19-22-10-5-8-20-7-1-2-12-26(20)22)18-39-41-31(21-9-6-11-24(15-21)33(36,37)38)40-29-14-4-3-13-27(29)32(41)42/h1-18H,19H2. The minimum atomic E-state index is -4.58. The molecule has 10 heteroatoms. The zero-order chi connectivity index (χ0) is 30.1. The van der Waals surface area contributed by atoms with Gasteiger partial charge in [0.05, 0.1) is 27.2 Å². The lowest BCUT2D eigenvalue weighted by molar-refractivity contribution is -0.137. The number of nitrogens with zero attached hydrogens (tertiary/aromatic N) is 3. The SMILES string of the molecule is O=c1c2ccccc2nc(-c2cccc(C(F)(F)F)c2)n1N=Cc1cc(Cl)cc(Br)c1OCc1cccc2ccccc12. The van der Waals surface area contributed by atoms with Gasteiger partial charge < -0.3 is 4.74 Å². The Hall–Kier alpha value is -4.47. The van der Waals surface area contributed by atoms with Gasteiger partial charge in [0.15, 0.2) is 5.82 Å². The van der Waals surface area contributed by atoms with Crippen LogP contribution in [-0.2, 0) is 12.8 Å². The minimum Gasteiger partial charge on any atom is -0.487 e. The Kier molecular flexibility index (Phi) is 7.77. The molecular weight excluding hydrogens is 643 g/mol. The highest BCUT2D eigenvalue weighted by Crippen LogP contribution is 2.34. The van der Waals surface area contributed by atoms with Crippen LogP contribution in [0.5, 0.6) is 5.75 Å². The quantitative estimate of drug-likeness (QED) is 0.167. The summed E-state index contributed by atoms with van der Waals surface area (Å²) in [6, 6.07) is 28.4. The van der Waals surface area contributed by atoms with Crippen LogP contribution in [0.2, 0.25) is 5.02 Å². The van der Waals surface area contributed by atoms with E-state index in [1.807, 2.05) is 42.5 Å². The lowest BCUT2D eigenvalue weighted by Crippen LogP contribution is -2.20. The first kappa shape index (κ1) is 28.6. The highest BCUT2D eigenvalue weighted by atomic mass is 79.9. The molecule has 1 aromatic heterocycles. The number of halogens is 5. The maximum atomic E-state index is 13.6. The van der Waals surface area contributed by atoms with E-state index in [0.717, 1.165) is 33.1 Å². The van der Waals surface area contributed by atoms with Crippen molar-refractivity contribution in [2.45, 2.75) is 12.8 Å². The van der Waals surface area contributed by atoms with Crippen LogP contribution in [-0.4, -0.2) is 15.9 Å². The maximum Gasteiger partial charge on any atom is 0.416 e. The Morgan fingerprint density at radius 1 is 0.907 bits per heavy atom. The third-order valence-corrected chi connectivity index (χ3v) is 7.61. The van der Waals surface area contributed by atoms with Gasteiger partial charge in [-0.1, -0.05) is 78.3 Å². The van der Waals surface area contributed by atoms with E-state index in [0.29, 0.717) is 26.3 Å². The summed E-state index contributed by atoms with van der Waals surface area (Å²) in [6.45, 7) is 0.232. The minimum absolute atomic E-state index is 0.0506. The summed E-state index contributed by atoms with van der Waals surface area (Å²) in [5.74, 6) is 0.369. The van der Waals surface area contributed by atoms with Gasteiger partial charge in [-0.15, -0.1) is 0 Å². The molecule has 0 amide bonds. The molecule has 5 nitrogen and oxygen atoms in total. The average molecular weight is 663 g/mol. The monoisotopic (exact) mass is 661 g/mol. The van der Waals surface area contributed by atoms with E-state index in [4.69, 9.17) is 16.3 Å². The fraction of sp³-hybridized carbons (Fsp3) is 0.0606. The second-order valence-corrected chi connectivity index (χ2v) is 10.9. The van der Waals surface area contributed by atoms with Crippen LogP contribution in [0.15, 0.2) is 117 Å². The van der Waals surface area contributed by atoms with Gasteiger partial charge in [-0.05, 0) is 68.7 Å². The van der Waals surface area contributed by atoms with E-state index in [2.05, 4.69) is 26.0 Å². The molecule has 0 aliphatic carbocycles. The Morgan fingerprint density at radius 3 is 2.44 bits per heavy atom. The van der Waals surface area contributed by atoms with Crippen molar-refractivity contribution in [2.75, 3.05) is 0 Å². The molecule has 1 heterocycles. The number of benzene rings is 5. The number of ether oxygens (including phenoxy) is 1. The molecule has 0 fully saturated rings. The Morgan fingerprint density at radius 2 is 1.63 bits per heavy atom. The van der Waals surface area contributed by atoms with E-state index in [9.17, 15) is 18.0 Å². The van der Waals surface area contributed by atoms with Crippen molar-refractivity contribution in [3.8, 4) is 17.1 Å². The van der Waals surface area contributed by atoms with Gasteiger partial charge in [0.1, 0.15) is 12.4 Å². The van der Waals surface area contributed by atoms with Crippen molar-refractivity contribution in [2.24, 2.45) is 5.10 Å². The largest absolute Gasteiger partial charge is 0.487 e. The Bertz CT molecular complexity index is 2090. The van der Waals surface area contributed by atoms with Crippen molar-refractivity contribution < 1.29 is 17.9 Å². The Labute approximate surface area is 257 Å². The summed E-state index contributed by atoms with van der Waals surface area (Å²) in [4.78, 5) is 18.1. The van der Waals surface area contributed by atoms with E-state index in [1.54, 1.807) is 36.4 Å². The van der Waals surface area contributed by atoms with Crippen LogP contribution >= 0.6 is 27.5 Å². The van der Waals surface area contributed by atoms with E-state index >= 15 is 0 Å². The lowest BCUT2D eigenvalue weighted by Gasteiger charge is -2.14. The fourth-order valence-electron chi connectivity index (χ4n) is 4.77. The molecule has 214 valence electrons. The summed E-state index contributed by atoms with van der Waals surface area (Å²) in [5.41, 5.74) is 0.393. The number of aromatic nitrogens is 2. The predicted molar refractivity (Wildman–Crippen MR) is 167 cm³/mol. The van der Waals surface area contributed by atoms with Crippen LogP contribution < -0.4 is 10.3 Å². The first-order valence-electron chi connectivity index (χ1n) is 13.0. The van der Waals surface area contributed by atoms with Crippen LogP contribution in [0.25, 0.3) is 33.1 Å². The molecule has 6 aromatic rings. The molecule has 0 N–H and O–H groups in total. The smallest absolute Gasteiger partial charge is 0.416 e. The molecule has 6 rings (SSSR count). The number of hydrogen-bond acceptors (Lipinski definition) is 4. The van der Waals surface area contributed by atoms with Gasteiger partial charge in [-0.25, -0.2) is 4.98 Å². The number of alkyl halides is 3. The number of para-hydroxylation sites is 1. The first-order chi connectivity index (χ1) is 20.7. The average Bonchev–Trinajstić information content (AvgIpc) is 2.99. The van der Waals surface area contributed by atoms with Gasteiger partial charge in [0.25, 0.3) is 5.56 Å². The van der Waals surface area contributed by atoms with Crippen molar-refractivity contribution in [1.82, 2.24) is 9.66 Å². The zero-order valence-electron chi connectivity index (χ0n) is 22.1. The normalized spacial score (nSPS) is 11.9. The maximum absolute atomic E-state index is 13.6. The van der Waals surface area contributed by atoms with Crippen molar-refractivity contribution >= 4 is 55.4 Å². The van der Waals surface area contributed by atoms with Crippen LogP contribution in [0.4, 0.5) is 13.2 Å². The third-order valence-electron chi connectivity index (χ3n) is 6.80. The molecule has 0 bridgehead atoms. The summed E-state index contributed by atoms with van der Waals surface area (Å²) in [5, 5.41) is 7.18. The molecule has 0 radical (unpaired) electrons. The van der Waals surface area contributed by atoms with E-state index in [1.165, 1.54) is 18.3 Å². The third kappa shape index (κ3) is 5.91. The van der Waals surface area contributed by atoms with Gasteiger partial charge in [0.2, 0.25) is 0 Å². The van der Waals surface area contributed by atoms with Crippen LogP contribution in [0.3, 0.4) is 0 Å². The first-order valence-corrected chi connectivity index (χ1v) is 14.2. The number of hydrogen-bond donors (Lipinski definition) is 0. The number of fused-ring (bicyclic) bond motifs is 2. The molecule has 0 unspecified atom stereocenters. The molecule has 0 atom stereocenters. The molecule has 43 heavy (non-hydrogen) atoms. The highest BCUT2D eigenvalue weighted by molar-refractivity contribution is 9.10. The van der Waals surface area contributed by atoms with Crippen molar-refractivity contribution in [1.29, 1.82) is 0 Å². The fourth-order valence-corrected chi connectivity index (χ4v) is 5.72. The molecule has 5 aromatic carbocycles. The van der Waals surface area contributed by atoms with Crippen molar-refractivity contribution in [3.05, 3.63) is 140 Å². The van der Waals surface area contributed by atoms with E-state index in [-0.39, 0.29) is 23.4 Å². The molecule has 0 spiro atoms. The second kappa shape index (κ2) is 11.7. The van der Waals surface area contributed by atoms with Crippen LogP contribution in [0.1, 0.15) is 16.7 Å². The molecular formula is C33H20BrClF3N3O2. The molecule has 0 saturated carbocycles. The number of rotatable bonds is 6. The zero-order valence-corrected chi connectivity index (χ0v) is 24.5. The van der Waals surface area contributed by atoms with Gasteiger partial charge >= 0.3 is 6.18 Å². The molecule has 0 aliphatic heterocycles. The summed E-state index contributed by atoms with van der Waals surface area (Å²) in [7, 11) is 0. The highest BCUT2D eigenvalue weighted by Gasteiger charge is 2.31. The predicted octanol–water partition coefficient (Wildman–Crippen LogP) is 9.11. The van der Waals surface area contributed by atoms with Gasteiger partial charge in [-0.3, -0.25) is 4.79 Å². The summed E-state index contributed by atoms with van der Waals surface area (Å²) >= 11 is 9.87. The summed E-state index contributed by atoms with van der Waals surface area (Å²) in [6.07, 6.45) is -3.20. The van der Waals surface area contributed by atoms with E-state index < -0.39 is 17.3 Å². The lowest BCUT2D eigenvalue weighted by atomic mass is 10.1. The van der Waals surface area contributed by atoms with Gasteiger partial charge in [0, 0.05) is 16.1 Å². The van der Waals surface area contributed by atoms with Crippen LogP contribution in [0, 0.1) is 0 Å².